The van der Waals surface area contributed by atoms with E-state index in [1.807, 2.05) is 0 Å². The van der Waals surface area contributed by atoms with Crippen molar-refractivity contribution in [2.75, 3.05) is 11.4 Å². The third-order valence-electron chi connectivity index (χ3n) is 4.84. The summed E-state index contributed by atoms with van der Waals surface area (Å²) in [6.45, 7) is 1.19. The average molecular weight is 474 g/mol. The second-order valence-electron chi connectivity index (χ2n) is 7.10. The smallest absolute Gasteiger partial charge is 0.243 e. The van der Waals surface area contributed by atoms with Gasteiger partial charge in [-0.05, 0) is 48.9 Å². The van der Waals surface area contributed by atoms with E-state index in [1.54, 1.807) is 37.3 Å². The molecule has 0 fully saturated rings. The molecule has 0 saturated carbocycles. The van der Waals surface area contributed by atoms with Gasteiger partial charge in [0.1, 0.15) is 17.6 Å². The zero-order valence-electron chi connectivity index (χ0n) is 17.9. The van der Waals surface area contributed by atoms with Gasteiger partial charge in [0.05, 0.1) is 24.2 Å². The van der Waals surface area contributed by atoms with Crippen LogP contribution in [0, 0.1) is 5.82 Å². The topological polar surface area (TPSA) is 109 Å². The van der Waals surface area contributed by atoms with Crippen LogP contribution < -0.4 is 14.9 Å². The van der Waals surface area contributed by atoms with Gasteiger partial charge >= 0.3 is 0 Å². The largest absolute Gasteiger partial charge is 0.467 e. The van der Waals surface area contributed by atoms with Gasteiger partial charge in [-0.1, -0.05) is 31.2 Å². The lowest BCUT2D eigenvalue weighted by atomic mass is 10.1. The molecule has 0 radical (unpaired) electrons. The molecule has 33 heavy (non-hydrogen) atoms. The van der Waals surface area contributed by atoms with E-state index in [4.69, 9.17) is 4.42 Å². The Kier molecular flexibility index (Phi) is 7.96. The monoisotopic (exact) mass is 473 g/mol. The molecule has 10 heteroatoms. The van der Waals surface area contributed by atoms with Gasteiger partial charge in [-0.2, -0.15) is 0 Å². The number of nitrogens with zero attached hydrogens (tertiary/aromatic N) is 1. The number of furan rings is 1. The van der Waals surface area contributed by atoms with Crippen LogP contribution >= 0.6 is 0 Å². The van der Waals surface area contributed by atoms with Crippen LogP contribution in [-0.4, -0.2) is 32.8 Å². The molecular formula is C23H24FN3O5S. The van der Waals surface area contributed by atoms with Crippen molar-refractivity contribution < 1.29 is 26.8 Å². The van der Waals surface area contributed by atoms with Crippen molar-refractivity contribution in [3.05, 3.63) is 84.6 Å². The first-order valence-electron chi connectivity index (χ1n) is 10.2. The Balaban J connectivity index is 1.82. The Hall–Kier alpha value is -3.50. The molecule has 0 saturated heterocycles. The van der Waals surface area contributed by atoms with Crippen molar-refractivity contribution in [1.82, 2.24) is 10.0 Å². The highest BCUT2D eigenvalue weighted by atomic mass is 32.2. The lowest BCUT2D eigenvalue weighted by molar-refractivity contribution is -0.126. The first-order chi connectivity index (χ1) is 15.8. The average Bonchev–Trinajstić information content (AvgIpc) is 3.34. The molecule has 1 heterocycles. The molecule has 0 spiro atoms. The van der Waals surface area contributed by atoms with Crippen LogP contribution in [0.4, 0.5) is 10.1 Å². The highest BCUT2D eigenvalue weighted by Crippen LogP contribution is 2.21. The highest BCUT2D eigenvalue weighted by molar-refractivity contribution is 7.89. The minimum absolute atomic E-state index is 0.00154. The third kappa shape index (κ3) is 6.27. The van der Waals surface area contributed by atoms with Crippen molar-refractivity contribution >= 4 is 27.5 Å². The molecule has 8 nitrogen and oxygen atoms in total. The quantitative estimate of drug-likeness (QED) is 0.471. The predicted octanol–water partition coefficient (Wildman–Crippen LogP) is 2.83. The number of nitrogens with one attached hydrogen (secondary N) is 2. The van der Waals surface area contributed by atoms with Crippen molar-refractivity contribution in [2.24, 2.45) is 0 Å². The lowest BCUT2D eigenvalue weighted by Gasteiger charge is -2.30. The SMILES string of the molecule is CC[C@@H](C(=O)NCc1ccco1)N(C(=O)CNS(=O)(=O)c1ccccc1)c1cccc(F)c1. The van der Waals surface area contributed by atoms with Crippen LogP contribution in [0.2, 0.25) is 0 Å². The molecule has 1 aromatic heterocycles. The van der Waals surface area contributed by atoms with Crippen molar-refractivity contribution in [3.8, 4) is 0 Å². The molecule has 3 aromatic rings. The Morgan fingerprint density at radius 1 is 1.06 bits per heavy atom. The van der Waals surface area contributed by atoms with Crippen LogP contribution in [0.15, 0.2) is 82.3 Å². The van der Waals surface area contributed by atoms with Gasteiger partial charge in [0.2, 0.25) is 21.8 Å². The molecular weight excluding hydrogens is 449 g/mol. The second-order valence-corrected chi connectivity index (χ2v) is 8.87. The van der Waals surface area contributed by atoms with Gasteiger partial charge in [0, 0.05) is 5.69 Å². The third-order valence-corrected chi connectivity index (χ3v) is 6.26. The number of sulfonamides is 1. The molecule has 1 atom stereocenters. The number of halogens is 1. The number of benzene rings is 2. The number of rotatable bonds is 10. The molecule has 0 unspecified atom stereocenters. The zero-order valence-corrected chi connectivity index (χ0v) is 18.7. The standard InChI is InChI=1S/C23H24FN3O5S/c1-2-21(23(29)25-15-19-10-7-13-32-19)27(18-9-6-8-17(24)14-18)22(28)16-26-33(30,31)20-11-4-3-5-12-20/h3-14,21,26H,2,15-16H2,1H3,(H,25,29)/t21-/m0/s1. The van der Waals surface area contributed by atoms with Crippen LogP contribution in [-0.2, 0) is 26.2 Å². The van der Waals surface area contributed by atoms with Crippen LogP contribution in [0.5, 0.6) is 0 Å². The molecule has 174 valence electrons. The number of carbonyl (C=O) groups excluding carboxylic acids is 2. The van der Waals surface area contributed by atoms with E-state index in [0.29, 0.717) is 5.76 Å². The molecule has 2 amide bonds. The zero-order chi connectivity index (χ0) is 23.8. The molecule has 0 aliphatic heterocycles. The van der Waals surface area contributed by atoms with E-state index in [-0.39, 0.29) is 23.5 Å². The summed E-state index contributed by atoms with van der Waals surface area (Å²) in [7, 11) is -3.96. The number of anilines is 1. The molecule has 2 N–H and O–H groups in total. The van der Waals surface area contributed by atoms with Crippen molar-refractivity contribution in [1.29, 1.82) is 0 Å². The minimum Gasteiger partial charge on any atom is -0.467 e. The van der Waals surface area contributed by atoms with E-state index in [2.05, 4.69) is 10.0 Å². The van der Waals surface area contributed by atoms with Crippen LogP contribution in [0.3, 0.4) is 0 Å². The van der Waals surface area contributed by atoms with Gasteiger partial charge in [-0.3, -0.25) is 14.5 Å². The molecule has 0 aliphatic rings. The van der Waals surface area contributed by atoms with Crippen molar-refractivity contribution in [2.45, 2.75) is 30.8 Å². The molecule has 0 aliphatic carbocycles. The summed E-state index contributed by atoms with van der Waals surface area (Å²) in [6, 6.07) is 15.2. The molecule has 3 rings (SSSR count). The normalized spacial score (nSPS) is 12.2. The first-order valence-corrected chi connectivity index (χ1v) is 11.7. The fourth-order valence-corrected chi connectivity index (χ4v) is 4.23. The Labute approximate surface area is 191 Å². The summed E-state index contributed by atoms with van der Waals surface area (Å²) in [5, 5.41) is 2.70. The summed E-state index contributed by atoms with van der Waals surface area (Å²) in [5.74, 6) is -1.27. The highest BCUT2D eigenvalue weighted by Gasteiger charge is 2.31. The summed E-state index contributed by atoms with van der Waals surface area (Å²) >= 11 is 0. The maximum atomic E-state index is 13.9. The fourth-order valence-electron chi connectivity index (χ4n) is 3.24. The fraction of sp³-hybridized carbons (Fsp3) is 0.217. The van der Waals surface area contributed by atoms with Gasteiger partial charge in [-0.15, -0.1) is 0 Å². The summed E-state index contributed by atoms with van der Waals surface area (Å²) in [5.41, 5.74) is 0.138. The van der Waals surface area contributed by atoms with Gasteiger partial charge < -0.3 is 9.73 Å². The van der Waals surface area contributed by atoms with E-state index in [0.717, 1.165) is 11.0 Å². The van der Waals surface area contributed by atoms with E-state index in [1.165, 1.54) is 36.6 Å². The number of hydrogen-bond donors (Lipinski definition) is 2. The van der Waals surface area contributed by atoms with E-state index >= 15 is 0 Å². The number of amides is 2. The summed E-state index contributed by atoms with van der Waals surface area (Å²) in [4.78, 5) is 27.2. The predicted molar refractivity (Wildman–Crippen MR) is 120 cm³/mol. The first kappa shape index (κ1) is 24.1. The van der Waals surface area contributed by atoms with Gasteiger partial charge in [-0.25, -0.2) is 17.5 Å². The maximum absolute atomic E-state index is 13.9. The Morgan fingerprint density at radius 2 is 1.82 bits per heavy atom. The van der Waals surface area contributed by atoms with Crippen LogP contribution in [0.1, 0.15) is 19.1 Å². The van der Waals surface area contributed by atoms with Crippen molar-refractivity contribution in [3.63, 3.8) is 0 Å². The summed E-state index contributed by atoms with van der Waals surface area (Å²) < 4.78 is 46.4. The van der Waals surface area contributed by atoms with E-state index in [9.17, 15) is 22.4 Å². The van der Waals surface area contributed by atoms with E-state index < -0.39 is 40.2 Å². The number of hydrogen-bond acceptors (Lipinski definition) is 5. The molecule has 0 bridgehead atoms. The number of carbonyl (C=O) groups is 2. The Bertz CT molecular complexity index is 1180. The minimum atomic E-state index is -3.96. The Morgan fingerprint density at radius 3 is 2.45 bits per heavy atom. The van der Waals surface area contributed by atoms with Gasteiger partial charge in [0.15, 0.2) is 0 Å². The summed E-state index contributed by atoms with van der Waals surface area (Å²) in [6.07, 6.45) is 1.68. The van der Waals surface area contributed by atoms with Gasteiger partial charge in [0.25, 0.3) is 0 Å². The van der Waals surface area contributed by atoms with Crippen LogP contribution in [0.25, 0.3) is 0 Å². The molecule has 2 aromatic carbocycles. The lowest BCUT2D eigenvalue weighted by Crippen LogP contribution is -2.52. The maximum Gasteiger partial charge on any atom is 0.243 e. The second kappa shape index (κ2) is 10.9.